The van der Waals surface area contributed by atoms with Gasteiger partial charge in [0.1, 0.15) is 11.3 Å². The van der Waals surface area contributed by atoms with Crippen LogP contribution in [0.1, 0.15) is 50.3 Å². The minimum Gasteiger partial charge on any atom is -0.496 e. The highest BCUT2D eigenvalue weighted by molar-refractivity contribution is 6.19. The van der Waals surface area contributed by atoms with E-state index in [0.717, 1.165) is 22.4 Å². The first-order chi connectivity index (χ1) is 10.6. The van der Waals surface area contributed by atoms with Gasteiger partial charge in [0.05, 0.1) is 7.11 Å². The van der Waals surface area contributed by atoms with E-state index in [1.807, 2.05) is 19.1 Å². The quantitative estimate of drug-likeness (QED) is 0.486. The number of carbonyl (C=O) groups excluding carboxylic acids is 2. The van der Waals surface area contributed by atoms with E-state index in [1.54, 1.807) is 7.11 Å². The van der Waals surface area contributed by atoms with Gasteiger partial charge in [-0.2, -0.15) is 0 Å². The third-order valence-corrected chi connectivity index (χ3v) is 3.66. The van der Waals surface area contributed by atoms with Crippen molar-refractivity contribution in [3.8, 4) is 5.75 Å². The summed E-state index contributed by atoms with van der Waals surface area (Å²) in [7, 11) is 1.62. The van der Waals surface area contributed by atoms with E-state index in [0.29, 0.717) is 0 Å². The highest BCUT2D eigenvalue weighted by atomic mass is 16.7. The number of rotatable bonds is 3. The van der Waals surface area contributed by atoms with Crippen molar-refractivity contribution in [3.63, 3.8) is 0 Å². The molecular formula is C18H22O5. The average molecular weight is 318 g/mol. The van der Waals surface area contributed by atoms with Crippen LogP contribution in [0.15, 0.2) is 17.7 Å². The molecule has 5 nitrogen and oxygen atoms in total. The molecule has 0 spiro atoms. The summed E-state index contributed by atoms with van der Waals surface area (Å²) in [4.78, 5) is 24.1. The number of hydrogen-bond acceptors (Lipinski definition) is 5. The first-order valence-corrected chi connectivity index (χ1v) is 7.51. The monoisotopic (exact) mass is 318 g/mol. The molecule has 1 aromatic carbocycles. The predicted octanol–water partition coefficient (Wildman–Crippen LogP) is 3.35. The highest BCUT2D eigenvalue weighted by Crippen LogP contribution is 2.31. The maximum atomic E-state index is 12.1. The predicted molar refractivity (Wildman–Crippen MR) is 86.1 cm³/mol. The van der Waals surface area contributed by atoms with Crippen molar-refractivity contribution < 1.29 is 23.8 Å². The molecule has 1 heterocycles. The van der Waals surface area contributed by atoms with Crippen LogP contribution < -0.4 is 4.74 Å². The van der Waals surface area contributed by atoms with Gasteiger partial charge in [-0.15, -0.1) is 0 Å². The second kappa shape index (κ2) is 6.07. The molecule has 0 atom stereocenters. The summed E-state index contributed by atoms with van der Waals surface area (Å²) in [6.07, 6.45) is 1.51. The zero-order valence-corrected chi connectivity index (χ0v) is 14.4. The molecule has 0 bridgehead atoms. The van der Waals surface area contributed by atoms with E-state index in [1.165, 1.54) is 19.9 Å². The van der Waals surface area contributed by atoms with Crippen LogP contribution in [0.4, 0.5) is 0 Å². The van der Waals surface area contributed by atoms with Gasteiger partial charge in [-0.3, -0.25) is 0 Å². The van der Waals surface area contributed by atoms with Gasteiger partial charge in [0.25, 0.3) is 5.79 Å². The van der Waals surface area contributed by atoms with Gasteiger partial charge in [-0.25, -0.2) is 9.59 Å². The topological polar surface area (TPSA) is 61.8 Å². The number of hydrogen-bond donors (Lipinski definition) is 0. The zero-order valence-electron chi connectivity index (χ0n) is 14.4. The van der Waals surface area contributed by atoms with Crippen LogP contribution in [0.3, 0.4) is 0 Å². The van der Waals surface area contributed by atoms with Crippen LogP contribution >= 0.6 is 0 Å². The van der Waals surface area contributed by atoms with Gasteiger partial charge < -0.3 is 14.2 Å². The van der Waals surface area contributed by atoms with E-state index >= 15 is 0 Å². The number of cyclic esters (lactones) is 2. The van der Waals surface area contributed by atoms with Crippen molar-refractivity contribution in [2.24, 2.45) is 0 Å². The van der Waals surface area contributed by atoms with Crippen LogP contribution in [0.25, 0.3) is 6.08 Å². The van der Waals surface area contributed by atoms with E-state index < -0.39 is 17.7 Å². The van der Waals surface area contributed by atoms with Crippen molar-refractivity contribution in [2.75, 3.05) is 7.11 Å². The summed E-state index contributed by atoms with van der Waals surface area (Å²) in [6.45, 7) is 9.04. The molecule has 0 saturated carbocycles. The van der Waals surface area contributed by atoms with Crippen molar-refractivity contribution in [3.05, 3.63) is 34.4 Å². The van der Waals surface area contributed by atoms with Crippen LogP contribution in [0, 0.1) is 6.92 Å². The second-order valence-electron chi connectivity index (χ2n) is 6.34. The van der Waals surface area contributed by atoms with Gasteiger partial charge in [0, 0.05) is 13.8 Å². The van der Waals surface area contributed by atoms with Crippen molar-refractivity contribution in [1.82, 2.24) is 0 Å². The van der Waals surface area contributed by atoms with E-state index in [9.17, 15) is 9.59 Å². The number of methoxy groups -OCH3 is 1. The summed E-state index contributed by atoms with van der Waals surface area (Å²) >= 11 is 0. The van der Waals surface area contributed by atoms with Crippen molar-refractivity contribution in [1.29, 1.82) is 0 Å². The van der Waals surface area contributed by atoms with Crippen LogP contribution in [0.2, 0.25) is 0 Å². The fraction of sp³-hybridized carbons (Fsp3) is 0.444. The lowest BCUT2D eigenvalue weighted by atomic mass is 9.95. The van der Waals surface area contributed by atoms with Gasteiger partial charge in [0.15, 0.2) is 0 Å². The normalized spacial score (nSPS) is 16.9. The van der Waals surface area contributed by atoms with Crippen LogP contribution in [-0.4, -0.2) is 24.8 Å². The molecule has 23 heavy (non-hydrogen) atoms. The van der Waals surface area contributed by atoms with Crippen molar-refractivity contribution >= 4 is 18.0 Å². The summed E-state index contributed by atoms with van der Waals surface area (Å²) in [5, 5.41) is 0. The largest absolute Gasteiger partial charge is 0.496 e. The lowest BCUT2D eigenvalue weighted by molar-refractivity contribution is -0.222. The Bertz CT molecular complexity index is 661. The molecular weight excluding hydrogens is 296 g/mol. The summed E-state index contributed by atoms with van der Waals surface area (Å²) in [5.41, 5.74) is 2.55. The summed E-state index contributed by atoms with van der Waals surface area (Å²) in [6, 6.07) is 3.82. The Balaban J connectivity index is 2.48. The SMILES string of the molecule is COc1cc(C)c(C=C2C(=O)OC(C)(C)OC2=O)cc1C(C)C. The van der Waals surface area contributed by atoms with E-state index in [2.05, 4.69) is 13.8 Å². The lowest BCUT2D eigenvalue weighted by Crippen LogP contribution is -2.41. The molecule has 124 valence electrons. The zero-order chi connectivity index (χ0) is 17.4. The van der Waals surface area contributed by atoms with Crippen LogP contribution in [0.5, 0.6) is 5.75 Å². The number of carbonyl (C=O) groups is 2. The molecule has 1 aliphatic rings. The first-order valence-electron chi connectivity index (χ1n) is 7.51. The molecule has 1 fully saturated rings. The molecule has 5 heteroatoms. The minimum absolute atomic E-state index is 0.104. The Morgan fingerprint density at radius 2 is 1.70 bits per heavy atom. The first kappa shape index (κ1) is 17.1. The van der Waals surface area contributed by atoms with E-state index in [-0.39, 0.29) is 11.5 Å². The molecule has 1 aromatic rings. The third kappa shape index (κ3) is 3.55. The molecule has 0 aliphatic carbocycles. The standard InChI is InChI=1S/C18H22O5/c1-10(2)13-8-12(11(3)7-15(13)21-6)9-14-16(19)22-18(4,5)23-17(14)20/h7-10H,1-6H3. The number of ether oxygens (including phenoxy) is 3. The van der Waals surface area contributed by atoms with Gasteiger partial charge >= 0.3 is 11.9 Å². The minimum atomic E-state index is -1.23. The number of aryl methyl sites for hydroxylation is 1. The van der Waals surface area contributed by atoms with Gasteiger partial charge in [0.2, 0.25) is 0 Å². The molecule has 0 radical (unpaired) electrons. The van der Waals surface area contributed by atoms with Gasteiger partial charge in [-0.05, 0) is 47.7 Å². The fourth-order valence-corrected chi connectivity index (χ4v) is 2.43. The fourth-order valence-electron chi connectivity index (χ4n) is 2.43. The van der Waals surface area contributed by atoms with Gasteiger partial charge in [-0.1, -0.05) is 13.8 Å². The number of esters is 2. The Kier molecular flexibility index (Phi) is 4.50. The Labute approximate surface area is 136 Å². The lowest BCUT2D eigenvalue weighted by Gasteiger charge is -2.29. The third-order valence-electron chi connectivity index (χ3n) is 3.66. The molecule has 0 aromatic heterocycles. The van der Waals surface area contributed by atoms with Crippen molar-refractivity contribution in [2.45, 2.75) is 46.3 Å². The second-order valence-corrected chi connectivity index (χ2v) is 6.34. The summed E-state index contributed by atoms with van der Waals surface area (Å²) < 4.78 is 15.6. The Morgan fingerprint density at radius 1 is 1.13 bits per heavy atom. The molecule has 1 saturated heterocycles. The average Bonchev–Trinajstić information content (AvgIpc) is 2.42. The molecule has 0 amide bonds. The Morgan fingerprint density at radius 3 is 2.17 bits per heavy atom. The number of benzene rings is 1. The molecule has 0 N–H and O–H groups in total. The summed E-state index contributed by atoms with van der Waals surface area (Å²) in [5.74, 6) is -1.55. The molecule has 0 unspecified atom stereocenters. The maximum absolute atomic E-state index is 12.1. The van der Waals surface area contributed by atoms with Crippen LogP contribution in [-0.2, 0) is 19.1 Å². The maximum Gasteiger partial charge on any atom is 0.348 e. The Hall–Kier alpha value is -2.30. The highest BCUT2D eigenvalue weighted by Gasteiger charge is 2.38. The molecule has 2 rings (SSSR count). The van der Waals surface area contributed by atoms with E-state index in [4.69, 9.17) is 14.2 Å². The smallest absolute Gasteiger partial charge is 0.348 e. The molecule has 1 aliphatic heterocycles.